The molecule has 5 nitrogen and oxygen atoms in total. The first-order valence-electron chi connectivity index (χ1n) is 10.1. The van der Waals surface area contributed by atoms with Crippen molar-refractivity contribution in [3.8, 4) is 0 Å². The fourth-order valence-corrected chi connectivity index (χ4v) is 3.82. The number of hydrogen-bond acceptors (Lipinski definition) is 3. The lowest BCUT2D eigenvalue weighted by molar-refractivity contribution is 0.0896. The molecule has 0 amide bonds. The summed E-state index contributed by atoms with van der Waals surface area (Å²) < 4.78 is 5.82. The molecule has 0 spiro atoms. The molecule has 28 heavy (non-hydrogen) atoms. The minimum atomic E-state index is -0.0507. The van der Waals surface area contributed by atoms with E-state index in [0.717, 1.165) is 53.6 Å². The molecule has 2 N–H and O–H groups in total. The summed E-state index contributed by atoms with van der Waals surface area (Å²) in [6.07, 6.45) is 2.29. The zero-order valence-corrected chi connectivity index (χ0v) is 18.1. The Balaban J connectivity index is 1.88. The van der Waals surface area contributed by atoms with Gasteiger partial charge in [-0.25, -0.2) is 0 Å². The largest absolute Gasteiger partial charge is 0.376 e. The first-order valence-corrected chi connectivity index (χ1v) is 10.5. The summed E-state index contributed by atoms with van der Waals surface area (Å²) in [5.41, 5.74) is 3.83. The second-order valence-electron chi connectivity index (χ2n) is 8.21. The number of rotatable bonds is 6. The van der Waals surface area contributed by atoms with E-state index in [2.05, 4.69) is 42.0 Å². The molecule has 2 aromatic rings. The van der Waals surface area contributed by atoms with Crippen molar-refractivity contribution in [3.63, 3.8) is 0 Å². The van der Waals surface area contributed by atoms with E-state index in [9.17, 15) is 4.79 Å². The molecule has 1 aromatic carbocycles. The Morgan fingerprint density at radius 1 is 1.36 bits per heavy atom. The van der Waals surface area contributed by atoms with Crippen molar-refractivity contribution < 1.29 is 4.74 Å². The fraction of sp³-hybridized carbons (Fsp3) is 0.545. The van der Waals surface area contributed by atoms with Gasteiger partial charge in [0.15, 0.2) is 5.11 Å². The summed E-state index contributed by atoms with van der Waals surface area (Å²) in [5.74, 6) is 0.497. The highest BCUT2D eigenvalue weighted by Crippen LogP contribution is 2.21. The quantitative estimate of drug-likeness (QED) is 0.724. The molecule has 0 bridgehead atoms. The Hall–Kier alpha value is -1.92. The number of nitrogens with one attached hydrogen (secondary N) is 2. The molecule has 0 unspecified atom stereocenters. The minimum absolute atomic E-state index is 0.0507. The number of hydrogen-bond donors (Lipinski definition) is 2. The maximum atomic E-state index is 12.8. The summed E-state index contributed by atoms with van der Waals surface area (Å²) in [6, 6.07) is 6.16. The molecule has 0 radical (unpaired) electrons. The van der Waals surface area contributed by atoms with Gasteiger partial charge in [-0.2, -0.15) is 0 Å². The van der Waals surface area contributed by atoms with E-state index >= 15 is 0 Å². The van der Waals surface area contributed by atoms with Gasteiger partial charge < -0.3 is 19.9 Å². The normalized spacial score (nSPS) is 16.7. The molecular formula is C22H31N3O2S. The smallest absolute Gasteiger partial charge is 0.253 e. The van der Waals surface area contributed by atoms with Crippen molar-refractivity contribution in [2.75, 3.05) is 19.7 Å². The van der Waals surface area contributed by atoms with E-state index in [0.29, 0.717) is 24.1 Å². The van der Waals surface area contributed by atoms with Gasteiger partial charge in [0.1, 0.15) is 0 Å². The van der Waals surface area contributed by atoms with Crippen molar-refractivity contribution in [1.29, 1.82) is 0 Å². The Kier molecular flexibility index (Phi) is 6.73. The molecule has 0 saturated carbocycles. The third-order valence-corrected chi connectivity index (χ3v) is 5.68. The van der Waals surface area contributed by atoms with Crippen LogP contribution < -0.4 is 10.9 Å². The molecule has 152 valence electrons. The van der Waals surface area contributed by atoms with E-state index in [4.69, 9.17) is 17.0 Å². The molecule has 1 aromatic heterocycles. The highest BCUT2D eigenvalue weighted by Gasteiger charge is 2.22. The van der Waals surface area contributed by atoms with Crippen LogP contribution in [0.25, 0.3) is 10.9 Å². The second-order valence-corrected chi connectivity index (χ2v) is 8.59. The van der Waals surface area contributed by atoms with Crippen molar-refractivity contribution in [3.05, 3.63) is 45.2 Å². The maximum absolute atomic E-state index is 12.8. The van der Waals surface area contributed by atoms with Crippen LogP contribution >= 0.6 is 12.2 Å². The lowest BCUT2D eigenvalue weighted by atomic mass is 10.0. The molecule has 1 fully saturated rings. The first-order chi connectivity index (χ1) is 13.3. The van der Waals surface area contributed by atoms with Gasteiger partial charge >= 0.3 is 0 Å². The monoisotopic (exact) mass is 401 g/mol. The average Bonchev–Trinajstić information content (AvgIpc) is 3.16. The number of fused-ring (bicyclic) bond motifs is 1. The number of ether oxygens (including phenoxy) is 1. The molecule has 6 heteroatoms. The van der Waals surface area contributed by atoms with Crippen molar-refractivity contribution in [1.82, 2.24) is 15.2 Å². The second kappa shape index (κ2) is 9.05. The van der Waals surface area contributed by atoms with Gasteiger partial charge in [-0.1, -0.05) is 26.0 Å². The summed E-state index contributed by atoms with van der Waals surface area (Å²) in [7, 11) is 0. The topological polar surface area (TPSA) is 57.4 Å². The molecule has 0 aliphatic carbocycles. The van der Waals surface area contributed by atoms with Crippen LogP contribution in [-0.4, -0.2) is 40.8 Å². The number of pyridine rings is 1. The number of aryl methyl sites for hydroxylation is 2. The minimum Gasteiger partial charge on any atom is -0.376 e. The van der Waals surface area contributed by atoms with Crippen LogP contribution in [0.5, 0.6) is 0 Å². The Morgan fingerprint density at radius 2 is 2.11 bits per heavy atom. The number of benzene rings is 1. The maximum Gasteiger partial charge on any atom is 0.253 e. The Morgan fingerprint density at radius 3 is 2.79 bits per heavy atom. The zero-order valence-electron chi connectivity index (χ0n) is 17.3. The van der Waals surface area contributed by atoms with Crippen LogP contribution in [0.15, 0.2) is 23.0 Å². The molecule has 3 rings (SSSR count). The zero-order chi connectivity index (χ0) is 20.3. The van der Waals surface area contributed by atoms with Gasteiger partial charge in [-0.05, 0) is 62.0 Å². The van der Waals surface area contributed by atoms with E-state index in [1.165, 1.54) is 0 Å². The van der Waals surface area contributed by atoms with Crippen LogP contribution in [0.1, 0.15) is 43.4 Å². The number of aromatic amines is 1. The van der Waals surface area contributed by atoms with Crippen LogP contribution in [0.4, 0.5) is 0 Å². The molecular weight excluding hydrogens is 370 g/mol. The summed E-state index contributed by atoms with van der Waals surface area (Å²) in [5, 5.41) is 5.12. The standard InChI is InChI=1S/C22H31N3O2S/c1-14(2)11-23-22(28)25(13-18-6-5-9-27-18)12-17-10-19-15(3)7-8-16(4)20(19)24-21(17)26/h7-8,10,14,18H,5-6,9,11-13H2,1-4H3,(H,23,28)(H,24,26)/t18-/m0/s1. The summed E-state index contributed by atoms with van der Waals surface area (Å²) in [4.78, 5) is 17.9. The number of H-pyrrole nitrogens is 1. The van der Waals surface area contributed by atoms with Crippen LogP contribution in [0.2, 0.25) is 0 Å². The van der Waals surface area contributed by atoms with Gasteiger partial charge in [0.05, 0.1) is 18.2 Å². The number of thiocarbonyl (C=S) groups is 1. The first kappa shape index (κ1) is 20.8. The fourth-order valence-electron chi connectivity index (χ4n) is 3.60. The molecule has 1 aliphatic heterocycles. The highest BCUT2D eigenvalue weighted by atomic mass is 32.1. The number of aromatic nitrogens is 1. The molecule has 2 heterocycles. The lowest BCUT2D eigenvalue weighted by Gasteiger charge is -2.28. The lowest BCUT2D eigenvalue weighted by Crippen LogP contribution is -2.44. The van der Waals surface area contributed by atoms with Gasteiger partial charge in [0.25, 0.3) is 5.56 Å². The van der Waals surface area contributed by atoms with E-state index in [1.807, 2.05) is 19.1 Å². The molecule has 1 saturated heterocycles. The molecule has 1 atom stereocenters. The predicted octanol–water partition coefficient (Wildman–Crippen LogP) is 3.66. The van der Waals surface area contributed by atoms with Crippen molar-refractivity contribution in [2.45, 2.75) is 53.2 Å². The Labute approximate surface area is 172 Å². The average molecular weight is 402 g/mol. The van der Waals surface area contributed by atoms with Crippen LogP contribution in [-0.2, 0) is 11.3 Å². The van der Waals surface area contributed by atoms with Crippen molar-refractivity contribution in [2.24, 2.45) is 5.92 Å². The Bertz CT molecular complexity index is 901. The van der Waals surface area contributed by atoms with Crippen LogP contribution in [0, 0.1) is 19.8 Å². The third-order valence-electron chi connectivity index (χ3n) is 5.28. The van der Waals surface area contributed by atoms with Gasteiger partial charge in [0, 0.05) is 30.6 Å². The van der Waals surface area contributed by atoms with Gasteiger partial charge in [-0.3, -0.25) is 4.79 Å². The van der Waals surface area contributed by atoms with E-state index in [1.54, 1.807) is 0 Å². The van der Waals surface area contributed by atoms with Gasteiger partial charge in [-0.15, -0.1) is 0 Å². The third kappa shape index (κ3) is 4.92. The predicted molar refractivity (Wildman–Crippen MR) is 119 cm³/mol. The molecule has 1 aliphatic rings. The number of nitrogens with zero attached hydrogens (tertiary/aromatic N) is 1. The highest BCUT2D eigenvalue weighted by molar-refractivity contribution is 7.80. The van der Waals surface area contributed by atoms with Crippen molar-refractivity contribution >= 4 is 28.2 Å². The van der Waals surface area contributed by atoms with Crippen LogP contribution in [0.3, 0.4) is 0 Å². The van der Waals surface area contributed by atoms with Gasteiger partial charge in [0.2, 0.25) is 0 Å². The SMILES string of the molecule is Cc1ccc(C)c2[nH]c(=O)c(CN(C[C@@H]3CCCO3)C(=S)NCC(C)C)cc12. The van der Waals surface area contributed by atoms with E-state index < -0.39 is 0 Å². The summed E-state index contributed by atoms with van der Waals surface area (Å²) in [6.45, 7) is 11.2. The van der Waals surface area contributed by atoms with E-state index in [-0.39, 0.29) is 11.7 Å². The summed E-state index contributed by atoms with van der Waals surface area (Å²) >= 11 is 5.66.